The van der Waals surface area contributed by atoms with Crippen molar-refractivity contribution in [3.8, 4) is 5.75 Å². The van der Waals surface area contributed by atoms with Gasteiger partial charge in [-0.2, -0.15) is 0 Å². The molecule has 36 heavy (non-hydrogen) atoms. The molecule has 4 rings (SSSR count). The van der Waals surface area contributed by atoms with Crippen LogP contribution in [0.4, 0.5) is 9.18 Å². The molecule has 0 spiro atoms. The Labute approximate surface area is 213 Å². The number of halogens is 1. The molecular weight excluding hydrogens is 453 g/mol. The highest BCUT2D eigenvalue weighted by atomic mass is 19.1. The first-order valence-corrected chi connectivity index (χ1v) is 12.5. The maximum absolute atomic E-state index is 13.3. The molecule has 1 amide bonds. The van der Waals surface area contributed by atoms with Gasteiger partial charge in [0.1, 0.15) is 11.4 Å². The van der Waals surface area contributed by atoms with E-state index in [-0.39, 0.29) is 24.4 Å². The summed E-state index contributed by atoms with van der Waals surface area (Å²) >= 11 is 0. The van der Waals surface area contributed by atoms with Crippen LogP contribution in [0.3, 0.4) is 0 Å². The van der Waals surface area contributed by atoms with Crippen LogP contribution in [0.2, 0.25) is 0 Å². The van der Waals surface area contributed by atoms with Gasteiger partial charge in [0.25, 0.3) is 0 Å². The number of allylic oxidation sites excluding steroid dienone is 1. The third-order valence-electron chi connectivity index (χ3n) is 6.34. The molecule has 1 aliphatic rings. The van der Waals surface area contributed by atoms with Gasteiger partial charge in [0.05, 0.1) is 6.67 Å². The lowest BCUT2D eigenvalue weighted by molar-refractivity contribution is 0.00819. The van der Waals surface area contributed by atoms with Gasteiger partial charge >= 0.3 is 6.09 Å². The molecule has 0 aromatic heterocycles. The molecule has 188 valence electrons. The first kappa shape index (κ1) is 25.5. The largest absolute Gasteiger partial charge is 0.508 e. The number of rotatable bonds is 7. The number of likely N-dealkylation sites (tertiary alicyclic amines) is 1. The number of hydrogen-bond donors (Lipinski definition) is 1. The minimum Gasteiger partial charge on any atom is -0.508 e. The van der Waals surface area contributed by atoms with Gasteiger partial charge in [-0.25, -0.2) is 4.79 Å². The normalized spacial score (nSPS) is 14.7. The molecule has 1 saturated heterocycles. The average Bonchev–Trinajstić information content (AvgIpc) is 2.82. The number of amides is 1. The van der Waals surface area contributed by atoms with E-state index in [2.05, 4.69) is 36.4 Å². The highest BCUT2D eigenvalue weighted by Crippen LogP contribution is 2.37. The maximum Gasteiger partial charge on any atom is 0.410 e. The third-order valence-corrected chi connectivity index (χ3v) is 6.34. The Hall–Kier alpha value is -3.60. The van der Waals surface area contributed by atoms with E-state index in [4.69, 9.17) is 4.74 Å². The maximum atomic E-state index is 13.3. The van der Waals surface area contributed by atoms with Crippen molar-refractivity contribution in [1.82, 2.24) is 4.90 Å². The summed E-state index contributed by atoms with van der Waals surface area (Å²) in [5, 5.41) is 9.86. The van der Waals surface area contributed by atoms with Gasteiger partial charge in [-0.3, -0.25) is 4.39 Å². The number of nitrogens with zero attached hydrogens (tertiary/aromatic N) is 1. The Bertz CT molecular complexity index is 1190. The highest BCUT2D eigenvalue weighted by molar-refractivity contribution is 5.98. The molecule has 0 bridgehead atoms. The van der Waals surface area contributed by atoms with E-state index in [1.54, 1.807) is 17.0 Å². The Morgan fingerprint density at radius 2 is 1.50 bits per heavy atom. The molecule has 0 atom stereocenters. The van der Waals surface area contributed by atoms with Crippen molar-refractivity contribution >= 4 is 17.2 Å². The zero-order valence-electron chi connectivity index (χ0n) is 21.2. The van der Waals surface area contributed by atoms with Crippen LogP contribution in [0, 0.1) is 0 Å². The molecule has 5 heteroatoms. The number of ether oxygens (including phenoxy) is 1. The molecule has 1 fully saturated rings. The van der Waals surface area contributed by atoms with Crippen molar-refractivity contribution in [2.75, 3.05) is 19.8 Å². The highest BCUT2D eigenvalue weighted by Gasteiger charge is 2.34. The summed E-state index contributed by atoms with van der Waals surface area (Å²) in [5.41, 5.74) is 5.85. The smallest absolute Gasteiger partial charge is 0.410 e. The van der Waals surface area contributed by atoms with Gasteiger partial charge in [0.15, 0.2) is 0 Å². The monoisotopic (exact) mass is 487 g/mol. The van der Waals surface area contributed by atoms with Gasteiger partial charge in [-0.15, -0.1) is 0 Å². The quantitative estimate of drug-likeness (QED) is 0.353. The first-order chi connectivity index (χ1) is 17.2. The molecule has 3 aromatic rings. The molecule has 1 heterocycles. The lowest BCUT2D eigenvalue weighted by Gasteiger charge is -2.40. The van der Waals surface area contributed by atoms with Gasteiger partial charge in [0, 0.05) is 19.0 Å². The van der Waals surface area contributed by atoms with Crippen molar-refractivity contribution in [3.05, 3.63) is 101 Å². The fourth-order valence-electron chi connectivity index (χ4n) is 4.53. The van der Waals surface area contributed by atoms with Gasteiger partial charge in [0.2, 0.25) is 0 Å². The minimum atomic E-state index is -0.501. The molecule has 1 N–H and O–H groups in total. The number of phenolic OH excluding ortho intramolecular Hbond substituents is 1. The van der Waals surface area contributed by atoms with E-state index in [0.29, 0.717) is 25.9 Å². The Kier molecular flexibility index (Phi) is 7.78. The first-order valence-electron chi connectivity index (χ1n) is 12.5. The SMILES string of the molecule is CC(C)(C)OC(=O)N1CC(c2ccc(/C(=C(/CCCF)c3ccccc3)c3ccc(O)cc3)cc2)C1. The summed E-state index contributed by atoms with van der Waals surface area (Å²) in [4.78, 5) is 14.0. The summed E-state index contributed by atoms with van der Waals surface area (Å²) in [5.74, 6) is 0.478. The zero-order valence-corrected chi connectivity index (χ0v) is 21.2. The number of carbonyl (C=O) groups is 1. The van der Waals surface area contributed by atoms with E-state index in [1.165, 1.54) is 5.56 Å². The standard InChI is InChI=1S/C31H34FNO3/c1-31(2,3)36-30(35)33-20-26(21-33)22-11-13-24(14-12-22)29(25-15-17-27(34)18-16-25)28(10-7-19-32)23-8-5-4-6-9-23/h4-6,8-9,11-18,26,34H,7,10,19-21H2,1-3H3/b29-28+. The Balaban J connectivity index is 1.64. The molecule has 3 aromatic carbocycles. The second kappa shape index (κ2) is 11.0. The fourth-order valence-corrected chi connectivity index (χ4v) is 4.53. The lowest BCUT2D eigenvalue weighted by atomic mass is 9.85. The summed E-state index contributed by atoms with van der Waals surface area (Å²) < 4.78 is 18.7. The number of carbonyl (C=O) groups excluding carboxylic acids is 1. The average molecular weight is 488 g/mol. The molecule has 4 nitrogen and oxygen atoms in total. The predicted molar refractivity (Wildman–Crippen MR) is 143 cm³/mol. The van der Waals surface area contributed by atoms with Crippen molar-refractivity contribution in [2.45, 2.75) is 45.1 Å². The van der Waals surface area contributed by atoms with Crippen molar-refractivity contribution in [1.29, 1.82) is 0 Å². The second-order valence-corrected chi connectivity index (χ2v) is 10.3. The summed E-state index contributed by atoms with van der Waals surface area (Å²) in [6, 6.07) is 25.7. The number of benzene rings is 3. The summed E-state index contributed by atoms with van der Waals surface area (Å²) in [6.07, 6.45) is 0.770. The number of alkyl halides is 1. The topological polar surface area (TPSA) is 49.8 Å². The van der Waals surface area contributed by atoms with E-state index < -0.39 is 5.60 Å². The number of phenols is 1. The van der Waals surface area contributed by atoms with Crippen LogP contribution in [0.5, 0.6) is 5.75 Å². The van der Waals surface area contributed by atoms with Crippen LogP contribution >= 0.6 is 0 Å². The van der Waals surface area contributed by atoms with Crippen molar-refractivity contribution < 1.29 is 19.0 Å². The van der Waals surface area contributed by atoms with Crippen LogP contribution in [0.1, 0.15) is 61.8 Å². The van der Waals surface area contributed by atoms with Crippen LogP contribution in [-0.4, -0.2) is 41.5 Å². The van der Waals surface area contributed by atoms with Crippen molar-refractivity contribution in [2.24, 2.45) is 0 Å². The lowest BCUT2D eigenvalue weighted by Crippen LogP contribution is -2.50. The van der Waals surface area contributed by atoms with Crippen LogP contribution in [0.25, 0.3) is 11.1 Å². The Morgan fingerprint density at radius 3 is 2.06 bits per heavy atom. The van der Waals surface area contributed by atoms with E-state index >= 15 is 0 Å². The summed E-state index contributed by atoms with van der Waals surface area (Å²) in [7, 11) is 0. The van der Waals surface area contributed by atoms with Crippen LogP contribution < -0.4 is 0 Å². The van der Waals surface area contributed by atoms with E-state index in [0.717, 1.165) is 27.8 Å². The molecular formula is C31H34FNO3. The second-order valence-electron chi connectivity index (χ2n) is 10.3. The predicted octanol–water partition coefficient (Wildman–Crippen LogP) is 7.44. The van der Waals surface area contributed by atoms with Crippen molar-refractivity contribution in [3.63, 3.8) is 0 Å². The van der Waals surface area contributed by atoms with E-state index in [9.17, 15) is 14.3 Å². The fraction of sp³-hybridized carbons (Fsp3) is 0.323. The van der Waals surface area contributed by atoms with Gasteiger partial charge < -0.3 is 14.7 Å². The zero-order chi connectivity index (χ0) is 25.7. The Morgan fingerprint density at radius 1 is 0.917 bits per heavy atom. The van der Waals surface area contributed by atoms with Crippen LogP contribution in [0.15, 0.2) is 78.9 Å². The van der Waals surface area contributed by atoms with Gasteiger partial charge in [-0.05, 0) is 79.1 Å². The van der Waals surface area contributed by atoms with Crippen LogP contribution in [-0.2, 0) is 4.74 Å². The number of hydrogen-bond acceptors (Lipinski definition) is 3. The third kappa shape index (κ3) is 6.14. The summed E-state index contributed by atoms with van der Waals surface area (Å²) in [6.45, 7) is 6.52. The molecule has 0 saturated carbocycles. The molecule has 0 aliphatic carbocycles. The molecule has 0 unspecified atom stereocenters. The molecule has 1 aliphatic heterocycles. The van der Waals surface area contributed by atoms with E-state index in [1.807, 2.05) is 51.1 Å². The van der Waals surface area contributed by atoms with Gasteiger partial charge in [-0.1, -0.05) is 66.7 Å². The minimum absolute atomic E-state index is 0.206. The number of aromatic hydroxyl groups is 1. The molecule has 0 radical (unpaired) electrons.